The summed E-state index contributed by atoms with van der Waals surface area (Å²) in [6.45, 7) is 0.157. The predicted octanol–water partition coefficient (Wildman–Crippen LogP) is 2.75. The van der Waals surface area contributed by atoms with Crippen molar-refractivity contribution in [3.05, 3.63) is 64.1 Å². The number of fused-ring (bicyclic) bond motifs is 1. The van der Waals surface area contributed by atoms with Gasteiger partial charge in [0.25, 0.3) is 0 Å². The van der Waals surface area contributed by atoms with Gasteiger partial charge in [0.2, 0.25) is 0 Å². The first-order valence-electron chi connectivity index (χ1n) is 6.02. The molecule has 0 radical (unpaired) electrons. The predicted molar refractivity (Wildman–Crippen MR) is 72.6 cm³/mol. The number of H-pyrrole nitrogens is 2. The van der Waals surface area contributed by atoms with Crippen LogP contribution in [0.3, 0.4) is 0 Å². The lowest BCUT2D eigenvalue weighted by Crippen LogP contribution is -2.03. The van der Waals surface area contributed by atoms with Crippen molar-refractivity contribution in [1.82, 2.24) is 9.97 Å². The monoisotopic (exact) mass is 275 g/mol. The fourth-order valence-corrected chi connectivity index (χ4v) is 2.02. The highest BCUT2D eigenvalue weighted by molar-refractivity contribution is 5.78. The molecule has 3 rings (SSSR count). The van der Waals surface area contributed by atoms with Gasteiger partial charge in [-0.25, -0.2) is 13.6 Å². The van der Waals surface area contributed by atoms with E-state index in [0.29, 0.717) is 16.7 Å². The van der Waals surface area contributed by atoms with Crippen molar-refractivity contribution in [3.63, 3.8) is 0 Å². The minimum Gasteiger partial charge on any atom is -0.381 e. The van der Waals surface area contributed by atoms with Gasteiger partial charge < -0.3 is 15.3 Å². The number of imidazole rings is 1. The average molecular weight is 275 g/mol. The van der Waals surface area contributed by atoms with Crippen molar-refractivity contribution in [2.24, 2.45) is 0 Å². The Balaban J connectivity index is 1.82. The third kappa shape index (κ3) is 2.27. The van der Waals surface area contributed by atoms with Gasteiger partial charge in [0.1, 0.15) is 0 Å². The summed E-state index contributed by atoms with van der Waals surface area (Å²) >= 11 is 0. The Morgan fingerprint density at radius 3 is 2.70 bits per heavy atom. The van der Waals surface area contributed by atoms with Gasteiger partial charge in [-0.1, -0.05) is 12.1 Å². The van der Waals surface area contributed by atoms with Crippen molar-refractivity contribution < 1.29 is 8.78 Å². The van der Waals surface area contributed by atoms with Crippen LogP contribution < -0.4 is 11.0 Å². The first kappa shape index (κ1) is 12.4. The topological polar surface area (TPSA) is 60.7 Å². The fourth-order valence-electron chi connectivity index (χ4n) is 2.02. The van der Waals surface area contributed by atoms with Crippen LogP contribution >= 0.6 is 0 Å². The molecule has 0 spiro atoms. The average Bonchev–Trinajstić information content (AvgIpc) is 2.79. The zero-order valence-electron chi connectivity index (χ0n) is 10.3. The van der Waals surface area contributed by atoms with Gasteiger partial charge in [-0.15, -0.1) is 0 Å². The molecule has 20 heavy (non-hydrogen) atoms. The van der Waals surface area contributed by atoms with Gasteiger partial charge in [-0.05, 0) is 24.3 Å². The van der Waals surface area contributed by atoms with Gasteiger partial charge in [-0.3, -0.25) is 0 Å². The molecular formula is C14H11F2N3O. The molecule has 1 heterocycles. The molecule has 6 heteroatoms. The first-order chi connectivity index (χ1) is 9.63. The SMILES string of the molecule is O=c1[nH]c2ccc(NCc3cccc(F)c3F)cc2[nH]1. The number of hydrogen-bond acceptors (Lipinski definition) is 2. The molecular weight excluding hydrogens is 264 g/mol. The Kier molecular flexibility index (Phi) is 2.98. The molecule has 2 aromatic carbocycles. The highest BCUT2D eigenvalue weighted by Gasteiger charge is 2.07. The van der Waals surface area contributed by atoms with Crippen LogP contribution in [0.15, 0.2) is 41.2 Å². The third-order valence-electron chi connectivity index (χ3n) is 3.03. The van der Waals surface area contributed by atoms with E-state index in [0.717, 1.165) is 6.07 Å². The molecule has 0 amide bonds. The lowest BCUT2D eigenvalue weighted by molar-refractivity contribution is 0.500. The van der Waals surface area contributed by atoms with Crippen molar-refractivity contribution in [2.75, 3.05) is 5.32 Å². The van der Waals surface area contributed by atoms with E-state index in [4.69, 9.17) is 0 Å². The summed E-state index contributed by atoms with van der Waals surface area (Å²) in [5, 5.41) is 2.99. The summed E-state index contributed by atoms with van der Waals surface area (Å²) in [6.07, 6.45) is 0. The number of nitrogens with one attached hydrogen (secondary N) is 3. The fraction of sp³-hybridized carbons (Fsp3) is 0.0714. The van der Waals surface area contributed by atoms with Gasteiger partial charge in [0, 0.05) is 17.8 Å². The van der Waals surface area contributed by atoms with Crippen LogP contribution in [0.2, 0.25) is 0 Å². The molecule has 1 aromatic heterocycles. The molecule has 0 saturated carbocycles. The maximum Gasteiger partial charge on any atom is 0.323 e. The van der Waals surface area contributed by atoms with E-state index in [1.165, 1.54) is 12.1 Å². The highest BCUT2D eigenvalue weighted by atomic mass is 19.2. The van der Waals surface area contributed by atoms with E-state index < -0.39 is 11.6 Å². The molecule has 3 N–H and O–H groups in total. The van der Waals surface area contributed by atoms with Gasteiger partial charge >= 0.3 is 5.69 Å². The van der Waals surface area contributed by atoms with Crippen LogP contribution in [0, 0.1) is 11.6 Å². The van der Waals surface area contributed by atoms with E-state index in [1.807, 2.05) is 0 Å². The molecule has 0 atom stereocenters. The van der Waals surface area contributed by atoms with Crippen LogP contribution in [-0.4, -0.2) is 9.97 Å². The number of anilines is 1. The Morgan fingerprint density at radius 2 is 1.85 bits per heavy atom. The van der Waals surface area contributed by atoms with Crippen LogP contribution in [0.5, 0.6) is 0 Å². The van der Waals surface area contributed by atoms with Crippen LogP contribution in [0.25, 0.3) is 11.0 Å². The number of aromatic nitrogens is 2. The van der Waals surface area contributed by atoms with Gasteiger partial charge in [-0.2, -0.15) is 0 Å². The standard InChI is InChI=1S/C14H11F2N3O/c15-10-3-1-2-8(13(10)16)7-17-9-4-5-11-12(6-9)19-14(20)18-11/h1-6,17H,7H2,(H2,18,19,20). The van der Waals surface area contributed by atoms with Gasteiger partial charge in [0.05, 0.1) is 11.0 Å². The molecule has 4 nitrogen and oxygen atoms in total. The zero-order valence-corrected chi connectivity index (χ0v) is 10.3. The normalized spacial score (nSPS) is 10.9. The molecule has 0 aliphatic carbocycles. The maximum absolute atomic E-state index is 13.5. The number of rotatable bonds is 3. The van der Waals surface area contributed by atoms with Crippen molar-refractivity contribution in [2.45, 2.75) is 6.54 Å². The molecule has 0 saturated heterocycles. The quantitative estimate of drug-likeness (QED) is 0.688. The molecule has 3 aromatic rings. The lowest BCUT2D eigenvalue weighted by Gasteiger charge is -2.07. The molecule has 0 bridgehead atoms. The molecule has 0 fully saturated rings. The molecule has 0 aliphatic heterocycles. The summed E-state index contributed by atoms with van der Waals surface area (Å²) in [6, 6.07) is 9.27. The van der Waals surface area contributed by atoms with E-state index in [1.54, 1.807) is 18.2 Å². The Hall–Kier alpha value is -2.63. The minimum absolute atomic E-state index is 0.157. The minimum atomic E-state index is -0.866. The number of benzene rings is 2. The van der Waals surface area contributed by atoms with E-state index in [2.05, 4.69) is 15.3 Å². The Bertz CT molecular complexity index is 823. The number of hydrogen-bond donors (Lipinski definition) is 3. The molecule has 0 unspecified atom stereocenters. The summed E-state index contributed by atoms with van der Waals surface area (Å²) in [7, 11) is 0. The van der Waals surface area contributed by atoms with Gasteiger partial charge in [0.15, 0.2) is 11.6 Å². The second kappa shape index (κ2) is 4.80. The highest BCUT2D eigenvalue weighted by Crippen LogP contribution is 2.17. The maximum atomic E-state index is 13.5. The van der Waals surface area contributed by atoms with E-state index in [-0.39, 0.29) is 17.8 Å². The summed E-state index contributed by atoms with van der Waals surface area (Å²) < 4.78 is 26.6. The summed E-state index contributed by atoms with van der Waals surface area (Å²) in [4.78, 5) is 16.4. The Labute approximate surface area is 112 Å². The summed E-state index contributed by atoms with van der Waals surface area (Å²) in [5.74, 6) is -1.72. The van der Waals surface area contributed by atoms with Crippen LogP contribution in [0.4, 0.5) is 14.5 Å². The largest absolute Gasteiger partial charge is 0.381 e. The van der Waals surface area contributed by atoms with Crippen LogP contribution in [-0.2, 0) is 6.54 Å². The molecule has 102 valence electrons. The smallest absolute Gasteiger partial charge is 0.323 e. The molecule has 0 aliphatic rings. The lowest BCUT2D eigenvalue weighted by atomic mass is 10.2. The van der Waals surface area contributed by atoms with E-state index in [9.17, 15) is 13.6 Å². The van der Waals surface area contributed by atoms with Crippen molar-refractivity contribution in [1.29, 1.82) is 0 Å². The number of aromatic amines is 2. The number of halogens is 2. The second-order valence-electron chi connectivity index (χ2n) is 4.41. The van der Waals surface area contributed by atoms with Crippen LogP contribution in [0.1, 0.15) is 5.56 Å². The second-order valence-corrected chi connectivity index (χ2v) is 4.41. The first-order valence-corrected chi connectivity index (χ1v) is 6.02. The zero-order chi connectivity index (χ0) is 14.1. The van der Waals surface area contributed by atoms with Crippen molar-refractivity contribution in [3.8, 4) is 0 Å². The van der Waals surface area contributed by atoms with Crippen molar-refractivity contribution >= 4 is 16.7 Å². The Morgan fingerprint density at radius 1 is 1.05 bits per heavy atom. The third-order valence-corrected chi connectivity index (χ3v) is 3.03. The van der Waals surface area contributed by atoms with E-state index >= 15 is 0 Å². The summed E-state index contributed by atoms with van der Waals surface area (Å²) in [5.41, 5.74) is 2.01.